The van der Waals surface area contributed by atoms with E-state index in [1.807, 2.05) is 46.1 Å². The van der Waals surface area contributed by atoms with Crippen molar-refractivity contribution in [1.82, 2.24) is 9.13 Å². The molecule has 2 aromatic rings. The van der Waals surface area contributed by atoms with Crippen LogP contribution in [0, 0.1) is 17.2 Å². The van der Waals surface area contributed by atoms with Crippen molar-refractivity contribution in [3.05, 3.63) is 46.3 Å². The van der Waals surface area contributed by atoms with Gasteiger partial charge in [-0.15, -0.1) is 0 Å². The predicted molar refractivity (Wildman–Crippen MR) is 140 cm³/mol. The van der Waals surface area contributed by atoms with E-state index in [0.717, 1.165) is 36.9 Å². The van der Waals surface area contributed by atoms with Crippen molar-refractivity contribution in [2.24, 2.45) is 9.94 Å². The van der Waals surface area contributed by atoms with E-state index in [2.05, 4.69) is 40.1 Å². The summed E-state index contributed by atoms with van der Waals surface area (Å²) in [5.41, 5.74) is 2.27. The monoisotopic (exact) mass is 530 g/mol. The van der Waals surface area contributed by atoms with E-state index in [4.69, 9.17) is 0 Å². The first-order chi connectivity index (χ1) is 15.8. The maximum atomic E-state index is 13.5. The second kappa shape index (κ2) is 10.9. The number of aromatic hydroxyl groups is 1. The lowest BCUT2D eigenvalue weighted by atomic mass is 9.78. The van der Waals surface area contributed by atoms with Crippen LogP contribution in [-0.4, -0.2) is 20.0 Å². The SMILES string of the molecule is CCC(CC)CCn1cc(C#N)n(CC(=O)c2cc(C(C)(C)C)c(O)c(C(C)(C)C)c2)/c1=N\Br. The maximum absolute atomic E-state index is 13.5. The minimum absolute atomic E-state index is 0.0107. The van der Waals surface area contributed by atoms with Gasteiger partial charge in [-0.2, -0.15) is 9.28 Å². The molecular formula is C27H39BrN4O2. The third kappa shape index (κ3) is 6.21. The Balaban J connectivity index is 2.53. The molecule has 0 saturated carbocycles. The van der Waals surface area contributed by atoms with Crippen LogP contribution in [0.4, 0.5) is 0 Å². The Morgan fingerprint density at radius 1 is 1.12 bits per heavy atom. The highest BCUT2D eigenvalue weighted by atomic mass is 79.9. The normalized spacial score (nSPS) is 12.9. The number of aryl methyl sites for hydroxylation is 1. The lowest BCUT2D eigenvalue weighted by Gasteiger charge is -2.28. The number of Topliss-reactive ketones (excluding diaryl/α,β-unsaturated/α-hetero) is 1. The van der Waals surface area contributed by atoms with E-state index in [0.29, 0.717) is 22.8 Å². The lowest BCUT2D eigenvalue weighted by molar-refractivity contribution is 0.0969. The molecule has 0 bridgehead atoms. The maximum Gasteiger partial charge on any atom is 0.218 e. The van der Waals surface area contributed by atoms with Crippen LogP contribution in [0.1, 0.15) is 102 Å². The zero-order valence-corrected chi connectivity index (χ0v) is 23.5. The molecule has 1 aromatic carbocycles. The number of ketones is 1. The van der Waals surface area contributed by atoms with Gasteiger partial charge < -0.3 is 9.67 Å². The average Bonchev–Trinajstić information content (AvgIpc) is 3.09. The third-order valence-corrected chi connectivity index (χ3v) is 6.86. The van der Waals surface area contributed by atoms with Gasteiger partial charge in [-0.1, -0.05) is 68.2 Å². The molecule has 1 N–H and O–H groups in total. The molecule has 34 heavy (non-hydrogen) atoms. The molecule has 0 aliphatic rings. The number of phenolic OH excluding ortho intramolecular Hbond substituents is 1. The van der Waals surface area contributed by atoms with E-state index in [-0.39, 0.29) is 28.9 Å². The van der Waals surface area contributed by atoms with Gasteiger partial charge in [0.1, 0.15) is 17.5 Å². The van der Waals surface area contributed by atoms with Crippen LogP contribution in [0.25, 0.3) is 0 Å². The molecule has 186 valence electrons. The van der Waals surface area contributed by atoms with Crippen molar-refractivity contribution >= 4 is 21.9 Å². The van der Waals surface area contributed by atoms with Crippen LogP contribution < -0.4 is 5.62 Å². The fourth-order valence-electron chi connectivity index (χ4n) is 4.23. The van der Waals surface area contributed by atoms with Gasteiger partial charge in [-0.3, -0.25) is 9.36 Å². The summed E-state index contributed by atoms with van der Waals surface area (Å²) < 4.78 is 7.84. The molecule has 0 radical (unpaired) electrons. The number of carbonyl (C=O) groups excluding carboxylic acids is 1. The number of phenols is 1. The summed E-state index contributed by atoms with van der Waals surface area (Å²) >= 11 is 3.20. The predicted octanol–water partition coefficient (Wildman–Crippen LogP) is 6.38. The molecule has 0 fully saturated rings. The van der Waals surface area contributed by atoms with Crippen LogP contribution in [0.5, 0.6) is 5.75 Å². The molecule has 0 aliphatic heterocycles. The summed E-state index contributed by atoms with van der Waals surface area (Å²) in [6, 6.07) is 5.79. The van der Waals surface area contributed by atoms with E-state index < -0.39 is 0 Å². The molecule has 0 spiro atoms. The quantitative estimate of drug-likeness (QED) is 0.401. The first kappa shape index (κ1) is 27.9. The van der Waals surface area contributed by atoms with E-state index in [1.54, 1.807) is 22.9 Å². The number of aromatic nitrogens is 2. The number of carbonyl (C=O) groups is 1. The van der Waals surface area contributed by atoms with Crippen molar-refractivity contribution in [2.75, 3.05) is 0 Å². The van der Waals surface area contributed by atoms with Crippen LogP contribution in [0.3, 0.4) is 0 Å². The van der Waals surface area contributed by atoms with Gasteiger partial charge in [0.05, 0.1) is 22.7 Å². The Kier molecular flexibility index (Phi) is 8.98. The van der Waals surface area contributed by atoms with Crippen molar-refractivity contribution in [1.29, 1.82) is 5.26 Å². The van der Waals surface area contributed by atoms with Gasteiger partial charge in [-0.05, 0) is 35.3 Å². The summed E-state index contributed by atoms with van der Waals surface area (Å²) in [6.07, 6.45) is 4.97. The Bertz CT molecular complexity index is 1100. The van der Waals surface area contributed by atoms with Crippen LogP contribution in [-0.2, 0) is 23.9 Å². The van der Waals surface area contributed by atoms with Gasteiger partial charge in [0.15, 0.2) is 5.78 Å². The molecule has 6 nitrogen and oxygen atoms in total. The Hall–Kier alpha value is -2.33. The molecule has 2 rings (SSSR count). The average molecular weight is 532 g/mol. The molecule has 0 amide bonds. The number of nitriles is 1. The zero-order chi connectivity index (χ0) is 25.8. The lowest BCUT2D eigenvalue weighted by Crippen LogP contribution is -2.29. The molecule has 0 unspecified atom stereocenters. The summed E-state index contributed by atoms with van der Waals surface area (Å²) in [6.45, 7) is 17.2. The molecule has 7 heteroatoms. The summed E-state index contributed by atoms with van der Waals surface area (Å²) in [4.78, 5) is 13.5. The van der Waals surface area contributed by atoms with Gasteiger partial charge >= 0.3 is 0 Å². The van der Waals surface area contributed by atoms with Gasteiger partial charge in [0.2, 0.25) is 5.62 Å². The van der Waals surface area contributed by atoms with Crippen molar-refractivity contribution in [2.45, 2.75) is 98.6 Å². The Labute approximate surface area is 212 Å². The van der Waals surface area contributed by atoms with Gasteiger partial charge in [0, 0.05) is 29.4 Å². The second-order valence-electron chi connectivity index (χ2n) is 11.1. The van der Waals surface area contributed by atoms with Crippen LogP contribution >= 0.6 is 16.1 Å². The zero-order valence-electron chi connectivity index (χ0n) is 21.9. The third-order valence-electron chi connectivity index (χ3n) is 6.54. The molecule has 0 atom stereocenters. The van der Waals surface area contributed by atoms with Crippen molar-refractivity contribution < 1.29 is 9.90 Å². The standard InChI is InChI=1S/C27H39BrN4O2/c1-9-18(10-2)11-12-31-16-20(15-29)32(25(31)30-28)17-23(33)19-13-21(26(3,4)5)24(34)22(14-19)27(6,7)8/h13-14,16,18,34H,9-12,17H2,1-8H3/b30-25-. The highest BCUT2D eigenvalue weighted by Crippen LogP contribution is 2.39. The van der Waals surface area contributed by atoms with E-state index in [1.165, 1.54) is 0 Å². The van der Waals surface area contributed by atoms with Crippen molar-refractivity contribution in [3.63, 3.8) is 0 Å². The number of rotatable bonds is 8. The fourth-order valence-corrected chi connectivity index (χ4v) is 4.63. The minimum atomic E-state index is -0.333. The summed E-state index contributed by atoms with van der Waals surface area (Å²) in [5, 5.41) is 20.7. The van der Waals surface area contributed by atoms with Crippen molar-refractivity contribution in [3.8, 4) is 11.8 Å². The minimum Gasteiger partial charge on any atom is -0.507 e. The molecule has 0 aliphatic carbocycles. The summed E-state index contributed by atoms with van der Waals surface area (Å²) in [5.74, 6) is 0.716. The second-order valence-corrected chi connectivity index (χ2v) is 11.5. The fraction of sp³-hybridized carbons (Fsp3) is 0.593. The molecule has 1 aromatic heterocycles. The Morgan fingerprint density at radius 3 is 2.06 bits per heavy atom. The first-order valence-corrected chi connectivity index (χ1v) is 12.8. The van der Waals surface area contributed by atoms with E-state index in [9.17, 15) is 15.2 Å². The Morgan fingerprint density at radius 2 is 1.65 bits per heavy atom. The van der Waals surface area contributed by atoms with Crippen LogP contribution in [0.2, 0.25) is 0 Å². The number of nitrogens with zero attached hydrogens (tertiary/aromatic N) is 4. The molecule has 0 saturated heterocycles. The molecular weight excluding hydrogens is 492 g/mol. The number of halogens is 1. The smallest absolute Gasteiger partial charge is 0.218 e. The highest BCUT2D eigenvalue weighted by Gasteiger charge is 2.28. The first-order valence-electron chi connectivity index (χ1n) is 12.0. The number of hydrogen-bond donors (Lipinski definition) is 1. The highest BCUT2D eigenvalue weighted by molar-refractivity contribution is 9.08. The number of hydrogen-bond acceptors (Lipinski definition) is 4. The van der Waals surface area contributed by atoms with Crippen LogP contribution in [0.15, 0.2) is 22.3 Å². The summed E-state index contributed by atoms with van der Waals surface area (Å²) in [7, 11) is 0. The van der Waals surface area contributed by atoms with Gasteiger partial charge in [0.25, 0.3) is 0 Å². The number of imidazole rings is 1. The largest absolute Gasteiger partial charge is 0.507 e. The van der Waals surface area contributed by atoms with Gasteiger partial charge in [-0.25, -0.2) is 0 Å². The number of benzene rings is 1. The van der Waals surface area contributed by atoms with E-state index >= 15 is 0 Å². The molecule has 1 heterocycles. The topological polar surface area (TPSA) is 83.3 Å².